The summed E-state index contributed by atoms with van der Waals surface area (Å²) in [7, 11) is 0. The molecule has 0 aliphatic carbocycles. The highest BCUT2D eigenvalue weighted by molar-refractivity contribution is 5.82. The van der Waals surface area contributed by atoms with E-state index in [0.29, 0.717) is 26.2 Å². The number of carboxylic acids is 1. The van der Waals surface area contributed by atoms with Crippen molar-refractivity contribution in [1.82, 2.24) is 4.57 Å². The maximum absolute atomic E-state index is 11.3. The average molecular weight is 470 g/mol. The molecule has 0 bridgehead atoms. The minimum Gasteiger partial charge on any atom is -0.492 e. The predicted molar refractivity (Wildman–Crippen MR) is 139 cm³/mol. The Labute approximate surface area is 206 Å². The third-order valence-electron chi connectivity index (χ3n) is 6.06. The van der Waals surface area contributed by atoms with Gasteiger partial charge in [0.15, 0.2) is 6.10 Å². The number of carbonyl (C=O) groups is 1. The molecule has 0 amide bonds. The molecule has 1 N–H and O–H groups in total. The standard InChI is InChI=1S/C30H31NO4/c1-3-34-29(30(32)33)21-23-14-16-25(17-15-23)35-20-19-31-22(2)13-18-28(31)27-12-8-7-11-26(27)24-9-5-4-6-10-24/h4-18,29H,3,19-21H2,1-2H3,(H,32,33). The van der Waals surface area contributed by atoms with Gasteiger partial charge in [0, 0.05) is 30.0 Å². The van der Waals surface area contributed by atoms with E-state index >= 15 is 0 Å². The molecule has 4 aromatic rings. The monoisotopic (exact) mass is 469 g/mol. The van der Waals surface area contributed by atoms with Crippen LogP contribution in [0, 0.1) is 6.92 Å². The van der Waals surface area contributed by atoms with Crippen molar-refractivity contribution in [1.29, 1.82) is 0 Å². The number of hydrogen-bond donors (Lipinski definition) is 1. The van der Waals surface area contributed by atoms with Gasteiger partial charge in [-0.05, 0) is 54.8 Å². The first-order valence-corrected chi connectivity index (χ1v) is 11.9. The van der Waals surface area contributed by atoms with Gasteiger partial charge >= 0.3 is 5.97 Å². The highest BCUT2D eigenvalue weighted by atomic mass is 16.5. The van der Waals surface area contributed by atoms with Crippen LogP contribution in [0.4, 0.5) is 0 Å². The van der Waals surface area contributed by atoms with E-state index in [1.807, 2.05) is 30.3 Å². The molecule has 0 aliphatic rings. The zero-order valence-electron chi connectivity index (χ0n) is 20.2. The Morgan fingerprint density at radius 1 is 0.886 bits per heavy atom. The molecule has 1 unspecified atom stereocenters. The molecule has 0 aliphatic heterocycles. The smallest absolute Gasteiger partial charge is 0.333 e. The normalized spacial score (nSPS) is 11.8. The molecule has 5 heteroatoms. The van der Waals surface area contributed by atoms with Gasteiger partial charge in [0.05, 0.1) is 6.54 Å². The highest BCUT2D eigenvalue weighted by Gasteiger charge is 2.18. The SMILES string of the molecule is CCOC(Cc1ccc(OCCn2c(C)ccc2-c2ccccc2-c2ccccc2)cc1)C(=O)O. The maximum Gasteiger partial charge on any atom is 0.333 e. The molecule has 3 aromatic carbocycles. The Morgan fingerprint density at radius 2 is 1.57 bits per heavy atom. The second-order valence-electron chi connectivity index (χ2n) is 8.40. The summed E-state index contributed by atoms with van der Waals surface area (Å²) in [5.41, 5.74) is 6.83. The average Bonchev–Trinajstić information content (AvgIpc) is 3.25. The molecule has 0 fully saturated rings. The number of aliphatic carboxylic acids is 1. The number of nitrogens with zero attached hydrogens (tertiary/aromatic N) is 1. The zero-order valence-corrected chi connectivity index (χ0v) is 20.2. The van der Waals surface area contributed by atoms with Crippen molar-refractivity contribution in [2.75, 3.05) is 13.2 Å². The van der Waals surface area contributed by atoms with Crippen LogP contribution in [0.25, 0.3) is 22.4 Å². The number of aromatic nitrogens is 1. The highest BCUT2D eigenvalue weighted by Crippen LogP contribution is 2.33. The van der Waals surface area contributed by atoms with Gasteiger partial charge in [0.25, 0.3) is 0 Å². The summed E-state index contributed by atoms with van der Waals surface area (Å²) in [4.78, 5) is 11.3. The van der Waals surface area contributed by atoms with E-state index in [0.717, 1.165) is 17.0 Å². The number of ether oxygens (including phenoxy) is 2. The first kappa shape index (κ1) is 24.3. The number of benzene rings is 3. The quantitative estimate of drug-likeness (QED) is 0.282. The lowest BCUT2D eigenvalue weighted by Gasteiger charge is -2.16. The second-order valence-corrected chi connectivity index (χ2v) is 8.40. The van der Waals surface area contributed by atoms with Crippen molar-refractivity contribution >= 4 is 5.97 Å². The molecule has 0 saturated heterocycles. The topological polar surface area (TPSA) is 60.7 Å². The van der Waals surface area contributed by atoms with E-state index in [1.165, 1.54) is 22.4 Å². The number of aryl methyl sites for hydroxylation is 1. The summed E-state index contributed by atoms with van der Waals surface area (Å²) in [5.74, 6) is -0.188. The molecule has 1 heterocycles. The van der Waals surface area contributed by atoms with Crippen LogP contribution in [-0.2, 0) is 22.5 Å². The lowest BCUT2D eigenvalue weighted by molar-refractivity contribution is -0.149. The molecule has 5 nitrogen and oxygen atoms in total. The summed E-state index contributed by atoms with van der Waals surface area (Å²) in [6.45, 7) is 5.51. The third kappa shape index (κ3) is 6.00. The van der Waals surface area contributed by atoms with Gasteiger partial charge in [0.2, 0.25) is 0 Å². The van der Waals surface area contributed by atoms with E-state index in [-0.39, 0.29) is 0 Å². The van der Waals surface area contributed by atoms with E-state index < -0.39 is 12.1 Å². The number of carboxylic acid groups (broad SMARTS) is 1. The predicted octanol–water partition coefficient (Wildman–Crippen LogP) is 6.24. The molecule has 180 valence electrons. The minimum atomic E-state index is -0.945. The maximum atomic E-state index is 11.3. The lowest BCUT2D eigenvalue weighted by Crippen LogP contribution is -2.26. The van der Waals surface area contributed by atoms with Crippen molar-refractivity contribution in [3.05, 3.63) is 102 Å². The van der Waals surface area contributed by atoms with Gasteiger partial charge in [-0.15, -0.1) is 0 Å². The molecule has 0 spiro atoms. The molecule has 1 atom stereocenters. The van der Waals surface area contributed by atoms with Crippen molar-refractivity contribution < 1.29 is 19.4 Å². The number of hydrogen-bond acceptors (Lipinski definition) is 3. The van der Waals surface area contributed by atoms with Crippen LogP contribution < -0.4 is 4.74 Å². The van der Waals surface area contributed by atoms with Crippen LogP contribution in [0.1, 0.15) is 18.2 Å². The van der Waals surface area contributed by atoms with Crippen molar-refractivity contribution in [3.63, 3.8) is 0 Å². The Morgan fingerprint density at radius 3 is 2.26 bits per heavy atom. The third-order valence-corrected chi connectivity index (χ3v) is 6.06. The lowest BCUT2D eigenvalue weighted by atomic mass is 9.98. The van der Waals surface area contributed by atoms with Crippen LogP contribution in [0.5, 0.6) is 5.75 Å². The van der Waals surface area contributed by atoms with E-state index in [4.69, 9.17) is 9.47 Å². The first-order chi connectivity index (χ1) is 17.1. The Balaban J connectivity index is 1.44. The van der Waals surface area contributed by atoms with Crippen LogP contribution in [0.2, 0.25) is 0 Å². The molecular weight excluding hydrogens is 438 g/mol. The molecular formula is C30H31NO4. The molecule has 35 heavy (non-hydrogen) atoms. The zero-order chi connectivity index (χ0) is 24.6. The van der Waals surface area contributed by atoms with Gasteiger partial charge < -0.3 is 19.1 Å². The van der Waals surface area contributed by atoms with Gasteiger partial charge in [-0.1, -0.05) is 66.7 Å². The van der Waals surface area contributed by atoms with Gasteiger partial charge in [0.1, 0.15) is 12.4 Å². The summed E-state index contributed by atoms with van der Waals surface area (Å²) >= 11 is 0. The number of rotatable bonds is 11. The van der Waals surface area contributed by atoms with E-state index in [1.54, 1.807) is 6.92 Å². The molecule has 0 radical (unpaired) electrons. The molecule has 4 rings (SSSR count). The molecule has 0 saturated carbocycles. The molecule has 1 aromatic heterocycles. The fraction of sp³-hybridized carbons (Fsp3) is 0.233. The van der Waals surface area contributed by atoms with E-state index in [2.05, 4.69) is 72.2 Å². The van der Waals surface area contributed by atoms with Gasteiger partial charge in [-0.2, -0.15) is 0 Å². The van der Waals surface area contributed by atoms with Crippen LogP contribution in [0.15, 0.2) is 91.0 Å². The first-order valence-electron chi connectivity index (χ1n) is 11.9. The van der Waals surface area contributed by atoms with Gasteiger partial charge in [-0.25, -0.2) is 4.79 Å². The van der Waals surface area contributed by atoms with Crippen molar-refractivity contribution in [2.24, 2.45) is 0 Å². The van der Waals surface area contributed by atoms with Crippen molar-refractivity contribution in [3.8, 4) is 28.1 Å². The fourth-order valence-electron chi connectivity index (χ4n) is 4.29. The summed E-state index contributed by atoms with van der Waals surface area (Å²) in [6.07, 6.45) is -0.503. The van der Waals surface area contributed by atoms with Crippen LogP contribution >= 0.6 is 0 Å². The minimum absolute atomic E-state index is 0.330. The second kappa shape index (κ2) is 11.5. The van der Waals surface area contributed by atoms with Crippen LogP contribution in [-0.4, -0.2) is 35.0 Å². The van der Waals surface area contributed by atoms with Gasteiger partial charge in [-0.3, -0.25) is 0 Å². The van der Waals surface area contributed by atoms with Crippen molar-refractivity contribution in [2.45, 2.75) is 32.9 Å². The fourth-order valence-corrected chi connectivity index (χ4v) is 4.29. The Hall–Kier alpha value is -3.83. The Bertz CT molecular complexity index is 1250. The van der Waals surface area contributed by atoms with E-state index in [9.17, 15) is 9.90 Å². The van der Waals surface area contributed by atoms with Crippen LogP contribution in [0.3, 0.4) is 0 Å². The summed E-state index contributed by atoms with van der Waals surface area (Å²) < 4.78 is 13.6. The summed E-state index contributed by atoms with van der Waals surface area (Å²) in [5, 5.41) is 9.28. The Kier molecular flexibility index (Phi) is 8.01. The largest absolute Gasteiger partial charge is 0.492 e. The summed E-state index contributed by atoms with van der Waals surface area (Å²) in [6, 6.07) is 30.8.